The Bertz CT molecular complexity index is 904. The van der Waals surface area contributed by atoms with E-state index in [-0.39, 0.29) is 38.8 Å². The number of ether oxygens (including phenoxy) is 1. The molecule has 12 heteroatoms. The Morgan fingerprint density at radius 3 is 2.25 bits per heavy atom. The van der Waals surface area contributed by atoms with Crippen LogP contribution >= 0.6 is 35.4 Å². The number of halogens is 2. The molecule has 2 amide bonds. The van der Waals surface area contributed by atoms with E-state index in [0.29, 0.717) is 0 Å². The van der Waals surface area contributed by atoms with E-state index in [4.69, 9.17) is 40.2 Å². The summed E-state index contributed by atoms with van der Waals surface area (Å²) < 4.78 is 5.18. The lowest BCUT2D eigenvalue weighted by Gasteiger charge is -2.11. The Hall–Kier alpha value is -2.95. The van der Waals surface area contributed by atoms with Crippen LogP contribution in [0.2, 0.25) is 10.0 Å². The SMILES string of the molecule is O=C(COc1ccc([N+](=O)[O-])cc1)NNC(=S)NC(=O)c1cc(Cl)cc(Cl)c1. The molecule has 0 saturated heterocycles. The van der Waals surface area contributed by atoms with E-state index in [9.17, 15) is 19.7 Å². The Kier molecular flexibility index (Phi) is 7.50. The molecular formula is C16H12Cl2N4O5S. The topological polar surface area (TPSA) is 123 Å². The summed E-state index contributed by atoms with van der Waals surface area (Å²) in [5.74, 6) is -0.895. The fraction of sp³-hybridized carbons (Fsp3) is 0.0625. The van der Waals surface area contributed by atoms with E-state index in [1.54, 1.807) is 0 Å². The average Bonchev–Trinajstić information content (AvgIpc) is 2.64. The highest BCUT2D eigenvalue weighted by atomic mass is 35.5. The number of hydrazine groups is 1. The van der Waals surface area contributed by atoms with E-state index in [1.165, 1.54) is 42.5 Å². The largest absolute Gasteiger partial charge is 0.484 e. The number of hydrogen-bond donors (Lipinski definition) is 3. The number of benzene rings is 2. The zero-order chi connectivity index (χ0) is 20.7. The van der Waals surface area contributed by atoms with E-state index >= 15 is 0 Å². The highest BCUT2D eigenvalue weighted by Crippen LogP contribution is 2.19. The molecule has 0 unspecified atom stereocenters. The maximum absolute atomic E-state index is 12.0. The number of nitro benzene ring substituents is 1. The molecule has 0 radical (unpaired) electrons. The van der Waals surface area contributed by atoms with Gasteiger partial charge in [-0.15, -0.1) is 0 Å². The first-order valence-electron chi connectivity index (χ1n) is 7.48. The fourth-order valence-electron chi connectivity index (χ4n) is 1.87. The van der Waals surface area contributed by atoms with Gasteiger partial charge < -0.3 is 4.74 Å². The zero-order valence-corrected chi connectivity index (χ0v) is 16.2. The second kappa shape index (κ2) is 9.83. The number of non-ortho nitro benzene ring substituents is 1. The molecule has 2 aromatic rings. The number of thiocarbonyl (C=S) groups is 1. The van der Waals surface area contributed by atoms with Crippen molar-refractivity contribution in [2.45, 2.75) is 0 Å². The van der Waals surface area contributed by atoms with Crippen LogP contribution in [-0.2, 0) is 4.79 Å². The normalized spacial score (nSPS) is 9.93. The van der Waals surface area contributed by atoms with Crippen molar-refractivity contribution in [1.82, 2.24) is 16.2 Å². The molecule has 2 rings (SSSR count). The summed E-state index contributed by atoms with van der Waals surface area (Å²) in [5, 5.41) is 13.3. The lowest BCUT2D eigenvalue weighted by molar-refractivity contribution is -0.384. The van der Waals surface area contributed by atoms with Crippen molar-refractivity contribution in [3.8, 4) is 5.75 Å². The average molecular weight is 443 g/mol. The van der Waals surface area contributed by atoms with Crippen LogP contribution in [0.15, 0.2) is 42.5 Å². The molecule has 0 aliphatic carbocycles. The summed E-state index contributed by atoms with van der Waals surface area (Å²) >= 11 is 16.6. The van der Waals surface area contributed by atoms with E-state index in [1.807, 2.05) is 0 Å². The molecule has 146 valence electrons. The first-order valence-corrected chi connectivity index (χ1v) is 8.64. The molecule has 0 saturated carbocycles. The minimum Gasteiger partial charge on any atom is -0.484 e. The van der Waals surface area contributed by atoms with Gasteiger partial charge in [0, 0.05) is 27.7 Å². The molecule has 0 heterocycles. The Balaban J connectivity index is 1.76. The third-order valence-electron chi connectivity index (χ3n) is 3.08. The van der Waals surface area contributed by atoms with Crippen molar-refractivity contribution in [3.05, 3.63) is 68.2 Å². The molecule has 0 spiro atoms. The van der Waals surface area contributed by atoms with Gasteiger partial charge in [0.1, 0.15) is 5.75 Å². The minimum absolute atomic E-state index is 0.0967. The Morgan fingerprint density at radius 1 is 1.07 bits per heavy atom. The smallest absolute Gasteiger partial charge is 0.276 e. The van der Waals surface area contributed by atoms with Crippen LogP contribution in [0.1, 0.15) is 10.4 Å². The van der Waals surface area contributed by atoms with Crippen LogP contribution in [0.25, 0.3) is 0 Å². The molecule has 0 aromatic heterocycles. The van der Waals surface area contributed by atoms with Gasteiger partial charge in [-0.2, -0.15) is 0 Å². The molecule has 0 atom stereocenters. The van der Waals surface area contributed by atoms with Crippen LogP contribution in [0.5, 0.6) is 5.75 Å². The number of nitro groups is 1. The van der Waals surface area contributed by atoms with Gasteiger partial charge in [0.15, 0.2) is 11.7 Å². The lowest BCUT2D eigenvalue weighted by atomic mass is 10.2. The molecule has 0 fully saturated rings. The first-order chi connectivity index (χ1) is 13.2. The zero-order valence-electron chi connectivity index (χ0n) is 13.9. The number of nitrogens with one attached hydrogen (secondary N) is 3. The Labute approximate surface area is 174 Å². The maximum Gasteiger partial charge on any atom is 0.276 e. The maximum atomic E-state index is 12.0. The van der Waals surface area contributed by atoms with Crippen molar-refractivity contribution in [1.29, 1.82) is 0 Å². The van der Waals surface area contributed by atoms with E-state index in [2.05, 4.69) is 16.2 Å². The van der Waals surface area contributed by atoms with E-state index < -0.39 is 16.7 Å². The first kappa shape index (κ1) is 21.4. The van der Waals surface area contributed by atoms with Gasteiger partial charge in [-0.25, -0.2) is 0 Å². The number of carbonyl (C=O) groups excluding carboxylic acids is 2. The summed E-state index contributed by atoms with van der Waals surface area (Å²) in [7, 11) is 0. The predicted octanol–water partition coefficient (Wildman–Crippen LogP) is 2.62. The molecule has 2 aromatic carbocycles. The van der Waals surface area contributed by atoms with Crippen LogP contribution < -0.4 is 20.9 Å². The highest BCUT2D eigenvalue weighted by molar-refractivity contribution is 7.80. The minimum atomic E-state index is -0.597. The molecule has 0 aliphatic heterocycles. The number of hydrogen-bond acceptors (Lipinski definition) is 6. The molecular weight excluding hydrogens is 431 g/mol. The summed E-state index contributed by atoms with van der Waals surface area (Å²) in [6.45, 7) is -0.384. The third-order valence-corrected chi connectivity index (χ3v) is 3.73. The van der Waals surface area contributed by atoms with Gasteiger partial charge in [-0.3, -0.25) is 35.9 Å². The lowest BCUT2D eigenvalue weighted by Crippen LogP contribution is -2.49. The van der Waals surface area contributed by atoms with Crippen LogP contribution in [0.4, 0.5) is 5.69 Å². The van der Waals surface area contributed by atoms with Gasteiger partial charge in [0.25, 0.3) is 17.5 Å². The number of nitrogens with zero attached hydrogens (tertiary/aromatic N) is 1. The number of rotatable bonds is 5. The fourth-order valence-corrected chi connectivity index (χ4v) is 2.54. The Morgan fingerprint density at radius 2 is 1.68 bits per heavy atom. The van der Waals surface area contributed by atoms with E-state index in [0.717, 1.165) is 0 Å². The van der Waals surface area contributed by atoms with Crippen LogP contribution in [0.3, 0.4) is 0 Å². The van der Waals surface area contributed by atoms with Crippen LogP contribution in [0, 0.1) is 10.1 Å². The monoisotopic (exact) mass is 442 g/mol. The van der Waals surface area contributed by atoms with Crippen molar-refractivity contribution < 1.29 is 19.2 Å². The predicted molar refractivity (Wildman–Crippen MR) is 106 cm³/mol. The van der Waals surface area contributed by atoms with Crippen molar-refractivity contribution in [3.63, 3.8) is 0 Å². The number of amides is 2. The highest BCUT2D eigenvalue weighted by Gasteiger charge is 2.11. The molecule has 0 aliphatic rings. The summed E-state index contributed by atoms with van der Waals surface area (Å²) in [6.07, 6.45) is 0. The summed E-state index contributed by atoms with van der Waals surface area (Å²) in [6, 6.07) is 9.50. The van der Waals surface area contributed by atoms with Gasteiger partial charge in [0.05, 0.1) is 4.92 Å². The van der Waals surface area contributed by atoms with Gasteiger partial charge in [-0.05, 0) is 42.5 Å². The quantitative estimate of drug-likeness (QED) is 0.369. The van der Waals surface area contributed by atoms with Crippen molar-refractivity contribution in [2.75, 3.05) is 6.61 Å². The summed E-state index contributed by atoms with van der Waals surface area (Å²) in [5.41, 5.74) is 4.66. The van der Waals surface area contributed by atoms with Crippen molar-refractivity contribution >= 4 is 58.0 Å². The van der Waals surface area contributed by atoms with Gasteiger partial charge in [-0.1, -0.05) is 23.2 Å². The molecule has 9 nitrogen and oxygen atoms in total. The molecule has 3 N–H and O–H groups in total. The second-order valence-corrected chi connectivity index (χ2v) is 6.44. The standard InChI is InChI=1S/C16H12Cl2N4O5S/c17-10-5-9(6-11(18)7-10)15(24)19-16(28)21-20-14(23)8-27-13-3-1-12(2-4-13)22(25)26/h1-7H,8H2,(H,20,23)(H2,19,21,24,28). The molecule has 28 heavy (non-hydrogen) atoms. The molecule has 0 bridgehead atoms. The number of carbonyl (C=O) groups is 2. The second-order valence-electron chi connectivity index (χ2n) is 5.15. The van der Waals surface area contributed by atoms with Crippen LogP contribution in [-0.4, -0.2) is 28.5 Å². The van der Waals surface area contributed by atoms with Gasteiger partial charge >= 0.3 is 0 Å². The summed E-state index contributed by atoms with van der Waals surface area (Å²) in [4.78, 5) is 33.8. The third kappa shape index (κ3) is 6.65. The van der Waals surface area contributed by atoms with Crippen molar-refractivity contribution in [2.24, 2.45) is 0 Å². The van der Waals surface area contributed by atoms with Gasteiger partial charge in [0.2, 0.25) is 0 Å².